The van der Waals surface area contributed by atoms with Gasteiger partial charge in [-0.1, -0.05) is 18.5 Å². The van der Waals surface area contributed by atoms with Gasteiger partial charge in [-0.15, -0.1) is 0 Å². The molecule has 2 aromatic heterocycles. The zero-order valence-corrected chi connectivity index (χ0v) is 10.9. The van der Waals surface area contributed by atoms with Crippen molar-refractivity contribution >= 4 is 23.3 Å². The van der Waals surface area contributed by atoms with Crippen LogP contribution in [0.2, 0.25) is 5.02 Å². The molecular weight excluding hydrogens is 254 g/mol. The molecule has 18 heavy (non-hydrogen) atoms. The summed E-state index contributed by atoms with van der Waals surface area (Å²) in [6.45, 7) is 2.30. The number of hydrogen-bond donors (Lipinski definition) is 1. The van der Waals surface area contributed by atoms with E-state index in [1.807, 2.05) is 6.92 Å². The van der Waals surface area contributed by atoms with Crippen LogP contribution in [0.25, 0.3) is 0 Å². The van der Waals surface area contributed by atoms with E-state index in [9.17, 15) is 4.79 Å². The Bertz CT molecular complexity index is 547. The summed E-state index contributed by atoms with van der Waals surface area (Å²) in [5.74, 6) is 0.233. The van der Waals surface area contributed by atoms with Gasteiger partial charge in [0.05, 0.1) is 23.7 Å². The summed E-state index contributed by atoms with van der Waals surface area (Å²) < 4.78 is 3.28. The minimum Gasteiger partial charge on any atom is -0.309 e. The van der Waals surface area contributed by atoms with Gasteiger partial charge in [-0.2, -0.15) is 10.2 Å². The maximum atomic E-state index is 11.9. The number of hydrogen-bond acceptors (Lipinski definition) is 3. The molecule has 1 unspecified atom stereocenters. The first-order valence-corrected chi connectivity index (χ1v) is 5.91. The fourth-order valence-corrected chi connectivity index (χ4v) is 1.69. The van der Waals surface area contributed by atoms with Crippen LogP contribution in [0.3, 0.4) is 0 Å². The summed E-state index contributed by atoms with van der Waals surface area (Å²) in [5, 5.41) is 11.4. The number of anilines is 1. The second kappa shape index (κ2) is 5.22. The predicted molar refractivity (Wildman–Crippen MR) is 68.2 cm³/mol. The van der Waals surface area contributed by atoms with Crippen molar-refractivity contribution in [2.24, 2.45) is 13.0 Å². The lowest BCUT2D eigenvalue weighted by molar-refractivity contribution is -0.119. The van der Waals surface area contributed by atoms with Crippen molar-refractivity contribution in [3.63, 3.8) is 0 Å². The Morgan fingerprint density at radius 1 is 1.61 bits per heavy atom. The van der Waals surface area contributed by atoms with Crippen LogP contribution >= 0.6 is 11.6 Å². The largest absolute Gasteiger partial charge is 0.309 e. The van der Waals surface area contributed by atoms with Crippen molar-refractivity contribution in [2.45, 2.75) is 13.5 Å². The third kappa shape index (κ3) is 3.10. The van der Waals surface area contributed by atoms with Crippen molar-refractivity contribution in [1.29, 1.82) is 0 Å². The van der Waals surface area contributed by atoms with Gasteiger partial charge in [0.25, 0.3) is 0 Å². The second-order valence-electron chi connectivity index (χ2n) is 4.15. The number of nitrogens with one attached hydrogen (secondary N) is 1. The number of nitrogens with zero attached hydrogens (tertiary/aromatic N) is 4. The molecule has 0 aliphatic rings. The molecule has 0 aromatic carbocycles. The summed E-state index contributed by atoms with van der Waals surface area (Å²) >= 11 is 5.76. The highest BCUT2D eigenvalue weighted by molar-refractivity contribution is 6.30. The lowest BCUT2D eigenvalue weighted by atomic mass is 10.1. The fraction of sp³-hybridized carbons (Fsp3) is 0.364. The monoisotopic (exact) mass is 267 g/mol. The second-order valence-corrected chi connectivity index (χ2v) is 4.58. The Kier molecular flexibility index (Phi) is 3.66. The zero-order valence-electron chi connectivity index (χ0n) is 10.2. The lowest BCUT2D eigenvalue weighted by Gasteiger charge is -2.10. The van der Waals surface area contributed by atoms with E-state index in [0.29, 0.717) is 17.4 Å². The summed E-state index contributed by atoms with van der Waals surface area (Å²) in [7, 11) is 1.80. The number of amides is 1. The van der Waals surface area contributed by atoms with Crippen LogP contribution in [0.5, 0.6) is 0 Å². The maximum Gasteiger partial charge on any atom is 0.230 e. The van der Waals surface area contributed by atoms with Crippen molar-refractivity contribution in [3.8, 4) is 0 Å². The minimum atomic E-state index is -0.219. The first-order valence-electron chi connectivity index (χ1n) is 5.53. The molecule has 0 aliphatic heterocycles. The Hall–Kier alpha value is -1.82. The number of halogens is 1. The minimum absolute atomic E-state index is 0.0969. The van der Waals surface area contributed by atoms with E-state index in [2.05, 4.69) is 15.5 Å². The van der Waals surface area contributed by atoms with Crippen LogP contribution in [-0.4, -0.2) is 25.5 Å². The van der Waals surface area contributed by atoms with Gasteiger partial charge in [-0.25, -0.2) is 0 Å². The lowest BCUT2D eigenvalue weighted by Crippen LogP contribution is -2.24. The predicted octanol–water partition coefficient (Wildman–Crippen LogP) is 1.54. The standard InChI is InChI=1S/C11H14ClN5O/c1-8(6-17-7-9(12)5-13-17)11(18)14-10-3-4-16(2)15-10/h3-5,7-8H,6H2,1-2H3,(H,14,15,18). The topological polar surface area (TPSA) is 64.7 Å². The first kappa shape index (κ1) is 12.6. The highest BCUT2D eigenvalue weighted by Gasteiger charge is 2.15. The molecular formula is C11H14ClN5O. The molecule has 2 aromatic rings. The molecule has 96 valence electrons. The molecule has 1 atom stereocenters. The number of carbonyl (C=O) groups excluding carboxylic acids is 1. The Labute approximate surface area is 110 Å². The first-order chi connectivity index (χ1) is 8.54. The van der Waals surface area contributed by atoms with Crippen molar-refractivity contribution in [3.05, 3.63) is 29.7 Å². The summed E-state index contributed by atoms with van der Waals surface area (Å²) in [6, 6.07) is 1.75. The van der Waals surface area contributed by atoms with Crippen molar-refractivity contribution < 1.29 is 4.79 Å². The fourth-order valence-electron chi connectivity index (χ4n) is 1.53. The van der Waals surface area contributed by atoms with Gasteiger partial charge in [-0.3, -0.25) is 14.2 Å². The van der Waals surface area contributed by atoms with Crippen LogP contribution in [0.1, 0.15) is 6.92 Å². The highest BCUT2D eigenvalue weighted by Crippen LogP contribution is 2.09. The third-order valence-corrected chi connectivity index (χ3v) is 2.67. The molecule has 7 heteroatoms. The number of aromatic nitrogens is 4. The molecule has 0 radical (unpaired) electrons. The van der Waals surface area contributed by atoms with Gasteiger partial charge < -0.3 is 5.32 Å². The van der Waals surface area contributed by atoms with E-state index < -0.39 is 0 Å². The average Bonchev–Trinajstić information content (AvgIpc) is 2.88. The molecule has 1 N–H and O–H groups in total. The van der Waals surface area contributed by atoms with Gasteiger partial charge in [0.2, 0.25) is 5.91 Å². The number of carbonyl (C=O) groups is 1. The van der Waals surface area contributed by atoms with Gasteiger partial charge in [0, 0.05) is 25.5 Å². The highest BCUT2D eigenvalue weighted by atomic mass is 35.5. The quantitative estimate of drug-likeness (QED) is 0.914. The van der Waals surface area contributed by atoms with Crippen LogP contribution in [0.4, 0.5) is 5.82 Å². The van der Waals surface area contributed by atoms with E-state index in [0.717, 1.165) is 0 Å². The van der Waals surface area contributed by atoms with E-state index in [1.165, 1.54) is 0 Å². The molecule has 2 heterocycles. The Morgan fingerprint density at radius 3 is 2.94 bits per heavy atom. The Balaban J connectivity index is 1.92. The van der Waals surface area contributed by atoms with Crippen molar-refractivity contribution in [2.75, 3.05) is 5.32 Å². The van der Waals surface area contributed by atoms with Crippen LogP contribution in [0.15, 0.2) is 24.7 Å². The summed E-state index contributed by atoms with van der Waals surface area (Å²) in [4.78, 5) is 11.9. The van der Waals surface area contributed by atoms with Gasteiger partial charge in [-0.05, 0) is 0 Å². The van der Waals surface area contributed by atoms with Gasteiger partial charge in [0.15, 0.2) is 5.82 Å². The Morgan fingerprint density at radius 2 is 2.39 bits per heavy atom. The number of rotatable bonds is 4. The maximum absolute atomic E-state index is 11.9. The van der Waals surface area contributed by atoms with E-state index in [1.54, 1.807) is 41.1 Å². The molecule has 1 amide bonds. The van der Waals surface area contributed by atoms with E-state index in [4.69, 9.17) is 11.6 Å². The third-order valence-electron chi connectivity index (χ3n) is 2.48. The van der Waals surface area contributed by atoms with Gasteiger partial charge >= 0.3 is 0 Å². The van der Waals surface area contributed by atoms with E-state index in [-0.39, 0.29) is 11.8 Å². The molecule has 0 bridgehead atoms. The zero-order chi connectivity index (χ0) is 13.1. The van der Waals surface area contributed by atoms with Crippen LogP contribution in [-0.2, 0) is 18.4 Å². The molecule has 6 nitrogen and oxygen atoms in total. The SMILES string of the molecule is CC(Cn1cc(Cl)cn1)C(=O)Nc1ccn(C)n1. The molecule has 0 spiro atoms. The summed E-state index contributed by atoms with van der Waals surface area (Å²) in [5.41, 5.74) is 0. The van der Waals surface area contributed by atoms with Crippen LogP contribution < -0.4 is 5.32 Å². The molecule has 0 saturated carbocycles. The average molecular weight is 268 g/mol. The smallest absolute Gasteiger partial charge is 0.230 e. The number of aryl methyl sites for hydroxylation is 1. The normalized spacial score (nSPS) is 12.4. The van der Waals surface area contributed by atoms with Crippen molar-refractivity contribution in [1.82, 2.24) is 19.6 Å². The summed E-state index contributed by atoms with van der Waals surface area (Å²) in [6.07, 6.45) is 5.00. The molecule has 0 saturated heterocycles. The molecule has 0 aliphatic carbocycles. The molecule has 0 fully saturated rings. The van der Waals surface area contributed by atoms with Gasteiger partial charge in [0.1, 0.15) is 0 Å². The van der Waals surface area contributed by atoms with Crippen LogP contribution in [0, 0.1) is 5.92 Å². The van der Waals surface area contributed by atoms with E-state index >= 15 is 0 Å². The molecule has 2 rings (SSSR count).